The predicted molar refractivity (Wildman–Crippen MR) is 85.6 cm³/mol. The lowest BCUT2D eigenvalue weighted by atomic mass is 10.4. The number of hydrogen-bond acceptors (Lipinski definition) is 3. The van der Waals surface area contributed by atoms with E-state index in [1.165, 1.54) is 5.16 Å². The molecule has 2 rings (SSSR count). The summed E-state index contributed by atoms with van der Waals surface area (Å²) in [5.74, 6) is 2.26. The second kappa shape index (κ2) is 6.05. The molecule has 0 N–H and O–H groups in total. The molecule has 2 aromatic rings. The van der Waals surface area contributed by atoms with Crippen LogP contribution in [0.25, 0.3) is 0 Å². The molecular weight excluding hydrogens is 276 g/mol. The number of nitrogens with zero attached hydrogens (tertiary/aromatic N) is 4. The normalized spacial score (nSPS) is 12.8. The molecule has 0 bridgehead atoms. The van der Waals surface area contributed by atoms with Crippen LogP contribution in [-0.2, 0) is 13.1 Å². The van der Waals surface area contributed by atoms with Crippen LogP contribution in [0.5, 0.6) is 0 Å². The number of imidazole rings is 2. The van der Waals surface area contributed by atoms with Gasteiger partial charge in [0.15, 0.2) is 5.16 Å². The van der Waals surface area contributed by atoms with Crippen molar-refractivity contribution in [2.75, 3.05) is 30.8 Å². The van der Waals surface area contributed by atoms with Gasteiger partial charge in [0, 0.05) is 37.0 Å². The summed E-state index contributed by atoms with van der Waals surface area (Å²) < 4.78 is 4.45. The third-order valence-corrected chi connectivity index (χ3v) is 4.91. The Morgan fingerprint density at radius 3 is 2.47 bits per heavy atom. The quantitative estimate of drug-likeness (QED) is 0.822. The van der Waals surface area contributed by atoms with Gasteiger partial charge in [-0.25, -0.2) is 9.97 Å². The minimum absolute atomic E-state index is 0.809. The van der Waals surface area contributed by atoms with Crippen LogP contribution >= 0.6 is 21.8 Å². The van der Waals surface area contributed by atoms with Gasteiger partial charge in [0.1, 0.15) is 12.5 Å². The van der Waals surface area contributed by atoms with Crippen LogP contribution in [0.4, 0.5) is 0 Å². The van der Waals surface area contributed by atoms with E-state index in [-0.39, 0.29) is 0 Å². The lowest BCUT2D eigenvalue weighted by molar-refractivity contribution is 0.543. The van der Waals surface area contributed by atoms with E-state index in [1.807, 2.05) is 24.2 Å². The fourth-order valence-electron chi connectivity index (χ4n) is 1.99. The maximum absolute atomic E-state index is 4.52. The standard InChI is InChI=1S/C13H22N4S2/c1-18-10-5-12-14-6-8-16(12)11-17-9-7-15-13(17)19(2,3)4/h6-9H,5,10-11H2,1-4H3. The number of rotatable bonds is 6. The second-order valence-corrected chi connectivity index (χ2v) is 10.2. The van der Waals surface area contributed by atoms with Crippen LogP contribution in [0.1, 0.15) is 5.82 Å². The van der Waals surface area contributed by atoms with Crippen molar-refractivity contribution in [2.24, 2.45) is 0 Å². The molecule has 0 unspecified atom stereocenters. The highest BCUT2D eigenvalue weighted by molar-refractivity contribution is 8.32. The predicted octanol–water partition coefficient (Wildman–Crippen LogP) is 2.54. The maximum atomic E-state index is 4.52. The van der Waals surface area contributed by atoms with Crippen molar-refractivity contribution in [3.05, 3.63) is 30.6 Å². The molecule has 0 aliphatic heterocycles. The van der Waals surface area contributed by atoms with E-state index in [4.69, 9.17) is 0 Å². The minimum Gasteiger partial charge on any atom is -0.316 e. The van der Waals surface area contributed by atoms with Gasteiger partial charge in [-0.3, -0.25) is 0 Å². The van der Waals surface area contributed by atoms with Gasteiger partial charge in [-0.2, -0.15) is 21.8 Å². The van der Waals surface area contributed by atoms with Gasteiger partial charge in [-0.1, -0.05) is 0 Å². The summed E-state index contributed by atoms with van der Waals surface area (Å²) in [4.78, 5) is 8.97. The molecule has 2 heterocycles. The van der Waals surface area contributed by atoms with Gasteiger partial charge in [0.05, 0.1) is 0 Å². The van der Waals surface area contributed by atoms with Crippen molar-refractivity contribution in [1.29, 1.82) is 0 Å². The Labute approximate surface area is 121 Å². The second-order valence-electron chi connectivity index (χ2n) is 5.21. The third kappa shape index (κ3) is 3.57. The van der Waals surface area contributed by atoms with Gasteiger partial charge >= 0.3 is 0 Å². The van der Waals surface area contributed by atoms with Crippen molar-refractivity contribution in [3.63, 3.8) is 0 Å². The Hall–Kier alpha value is -0.880. The van der Waals surface area contributed by atoms with Gasteiger partial charge < -0.3 is 9.13 Å². The summed E-state index contributed by atoms with van der Waals surface area (Å²) in [6.07, 6.45) is 17.9. The Morgan fingerprint density at radius 1 is 1.11 bits per heavy atom. The average molecular weight is 298 g/mol. The zero-order valence-electron chi connectivity index (χ0n) is 12.0. The van der Waals surface area contributed by atoms with Crippen LogP contribution in [-0.4, -0.2) is 49.9 Å². The minimum atomic E-state index is -0.809. The highest BCUT2D eigenvalue weighted by Crippen LogP contribution is 2.43. The zero-order chi connectivity index (χ0) is 13.9. The van der Waals surface area contributed by atoms with E-state index in [1.54, 1.807) is 0 Å². The fraction of sp³-hybridized carbons (Fsp3) is 0.538. The van der Waals surface area contributed by atoms with Crippen molar-refractivity contribution in [2.45, 2.75) is 18.2 Å². The van der Waals surface area contributed by atoms with E-state index >= 15 is 0 Å². The molecule has 4 nitrogen and oxygen atoms in total. The zero-order valence-corrected chi connectivity index (χ0v) is 13.7. The van der Waals surface area contributed by atoms with E-state index < -0.39 is 10.0 Å². The molecular formula is C13H22N4S2. The third-order valence-electron chi connectivity index (χ3n) is 2.86. The Morgan fingerprint density at radius 2 is 1.79 bits per heavy atom. The molecule has 0 atom stereocenters. The fourth-order valence-corrected chi connectivity index (χ4v) is 3.57. The summed E-state index contributed by atoms with van der Waals surface area (Å²) in [5.41, 5.74) is 0. The molecule has 0 spiro atoms. The molecule has 2 aromatic heterocycles. The van der Waals surface area contributed by atoms with Crippen LogP contribution in [0, 0.1) is 0 Å². The number of aryl methyl sites for hydroxylation is 1. The van der Waals surface area contributed by atoms with Gasteiger partial charge in [0.25, 0.3) is 0 Å². The van der Waals surface area contributed by atoms with Gasteiger partial charge in [-0.05, 0) is 25.0 Å². The first-order valence-electron chi connectivity index (χ1n) is 6.21. The summed E-state index contributed by atoms with van der Waals surface area (Å²) in [6.45, 7) is 0.809. The average Bonchev–Trinajstić information content (AvgIpc) is 2.95. The molecule has 106 valence electrons. The molecule has 0 aliphatic carbocycles. The lowest BCUT2D eigenvalue weighted by Crippen LogP contribution is -2.14. The van der Waals surface area contributed by atoms with Crippen LogP contribution in [0.2, 0.25) is 0 Å². The van der Waals surface area contributed by atoms with Crippen LogP contribution in [0.15, 0.2) is 29.9 Å². The first-order valence-corrected chi connectivity index (χ1v) is 10.5. The number of hydrogen-bond donors (Lipinski definition) is 0. The number of aromatic nitrogens is 4. The summed E-state index contributed by atoms with van der Waals surface area (Å²) in [7, 11) is -0.809. The molecule has 0 aliphatic rings. The highest BCUT2D eigenvalue weighted by Gasteiger charge is 2.15. The monoisotopic (exact) mass is 298 g/mol. The van der Waals surface area contributed by atoms with Crippen LogP contribution in [0.3, 0.4) is 0 Å². The first kappa shape index (κ1) is 14.5. The Bertz CT molecular complexity index is 525. The smallest absolute Gasteiger partial charge is 0.151 e. The molecule has 0 fully saturated rings. The van der Waals surface area contributed by atoms with Gasteiger partial charge in [0.2, 0.25) is 0 Å². The van der Waals surface area contributed by atoms with E-state index in [0.29, 0.717) is 0 Å². The molecule has 0 saturated carbocycles. The molecule has 0 aromatic carbocycles. The van der Waals surface area contributed by atoms with Crippen molar-refractivity contribution in [3.8, 4) is 0 Å². The Balaban J connectivity index is 2.18. The molecule has 0 saturated heterocycles. The summed E-state index contributed by atoms with van der Waals surface area (Å²) in [5, 5.41) is 1.19. The summed E-state index contributed by atoms with van der Waals surface area (Å²) in [6, 6.07) is 0. The summed E-state index contributed by atoms with van der Waals surface area (Å²) >= 11 is 1.86. The maximum Gasteiger partial charge on any atom is 0.151 e. The van der Waals surface area contributed by atoms with Crippen molar-refractivity contribution < 1.29 is 0 Å². The first-order chi connectivity index (χ1) is 9.02. The lowest BCUT2D eigenvalue weighted by Gasteiger charge is -2.25. The molecule has 0 amide bonds. The van der Waals surface area contributed by atoms with Crippen molar-refractivity contribution in [1.82, 2.24) is 19.1 Å². The highest BCUT2D eigenvalue weighted by atomic mass is 32.3. The van der Waals surface area contributed by atoms with Crippen molar-refractivity contribution >= 4 is 21.8 Å². The Kier molecular flexibility index (Phi) is 4.62. The molecule has 19 heavy (non-hydrogen) atoms. The SMILES string of the molecule is CSCCc1nccn1Cn1ccnc1S(C)(C)C. The van der Waals surface area contributed by atoms with E-state index in [0.717, 1.165) is 24.7 Å². The van der Waals surface area contributed by atoms with Gasteiger partial charge in [-0.15, -0.1) is 0 Å². The molecule has 6 heteroatoms. The largest absolute Gasteiger partial charge is 0.316 e. The van der Waals surface area contributed by atoms with E-state index in [2.05, 4.69) is 56.5 Å². The number of thioether (sulfide) groups is 1. The molecule has 0 radical (unpaired) electrons. The van der Waals surface area contributed by atoms with Crippen LogP contribution < -0.4 is 0 Å². The topological polar surface area (TPSA) is 35.6 Å². The van der Waals surface area contributed by atoms with E-state index in [9.17, 15) is 0 Å².